The van der Waals surface area contributed by atoms with Gasteiger partial charge >= 0.3 is 0 Å². The molecule has 1 aromatic heterocycles. The molecule has 0 radical (unpaired) electrons. The quantitative estimate of drug-likeness (QED) is 0.521. The number of imidazole rings is 1. The second-order valence-electron chi connectivity index (χ2n) is 7.53. The van der Waals surface area contributed by atoms with Gasteiger partial charge in [-0.05, 0) is 36.8 Å². The normalized spacial score (nSPS) is 15.4. The van der Waals surface area contributed by atoms with Gasteiger partial charge in [-0.25, -0.2) is 4.98 Å². The van der Waals surface area contributed by atoms with Gasteiger partial charge in [0.1, 0.15) is 0 Å². The summed E-state index contributed by atoms with van der Waals surface area (Å²) in [6, 6.07) is 16.1. The van der Waals surface area contributed by atoms with Crippen molar-refractivity contribution in [1.29, 1.82) is 0 Å². The minimum absolute atomic E-state index is 0.0144. The molecule has 0 saturated heterocycles. The van der Waals surface area contributed by atoms with Gasteiger partial charge in [0.2, 0.25) is 0 Å². The molecular weight excluding hydrogens is 390 g/mol. The maximum absolute atomic E-state index is 9.82. The van der Waals surface area contributed by atoms with Gasteiger partial charge < -0.3 is 29.9 Å². The second-order valence-corrected chi connectivity index (χ2v) is 7.53. The van der Waals surface area contributed by atoms with Crippen LogP contribution in [-0.2, 0) is 6.61 Å². The fraction of sp³-hybridized carbons (Fsp3) is 0.292. The topological polar surface area (TPSA) is 76.8 Å². The third-order valence-corrected chi connectivity index (χ3v) is 5.72. The third kappa shape index (κ3) is 4.15. The number of aliphatic hydroxyl groups excluding tert-OH is 2. The molecule has 31 heavy (non-hydrogen) atoms. The maximum Gasteiger partial charge on any atom is 0.159 e. The Morgan fingerprint density at radius 1 is 1.10 bits per heavy atom. The highest BCUT2D eigenvalue weighted by atomic mass is 16.3. The minimum atomic E-state index is -0.174. The molecule has 2 heterocycles. The minimum Gasteiger partial charge on any atom is -0.395 e. The van der Waals surface area contributed by atoms with Crippen molar-refractivity contribution in [2.45, 2.75) is 19.7 Å². The molecule has 0 aliphatic carbocycles. The standard InChI is InChI=1S/C24H29N5O2/c1-3-28(14-15-30)20-10-8-19(9-11-20)26-24-23-25-12-13-29(23)16-22(27(24)2)21-7-5-4-6-18(21)17-31/h4-13,16,24,26,30-31H,3,14-15,17H2,1-2H3. The highest BCUT2D eigenvalue weighted by Gasteiger charge is 2.29. The number of aliphatic hydroxyl groups is 2. The predicted molar refractivity (Wildman–Crippen MR) is 124 cm³/mol. The number of likely N-dealkylation sites (N-methyl/N-ethyl adjacent to an activating group) is 1. The molecule has 0 bridgehead atoms. The van der Waals surface area contributed by atoms with E-state index in [9.17, 15) is 10.2 Å². The summed E-state index contributed by atoms with van der Waals surface area (Å²) in [7, 11) is 2.03. The third-order valence-electron chi connectivity index (χ3n) is 5.72. The Hall–Kier alpha value is -3.29. The maximum atomic E-state index is 9.82. The van der Waals surface area contributed by atoms with Gasteiger partial charge in [0.25, 0.3) is 0 Å². The van der Waals surface area contributed by atoms with Crippen LogP contribution in [0.25, 0.3) is 11.9 Å². The fourth-order valence-electron chi connectivity index (χ4n) is 4.03. The van der Waals surface area contributed by atoms with Crippen LogP contribution in [0.4, 0.5) is 11.4 Å². The fourth-order valence-corrected chi connectivity index (χ4v) is 4.03. The molecule has 4 rings (SSSR count). The van der Waals surface area contributed by atoms with Gasteiger partial charge in [0.05, 0.1) is 18.9 Å². The average Bonchev–Trinajstić information content (AvgIpc) is 3.28. The van der Waals surface area contributed by atoms with E-state index in [4.69, 9.17) is 0 Å². The van der Waals surface area contributed by atoms with Crippen molar-refractivity contribution in [3.05, 3.63) is 77.9 Å². The molecule has 7 heteroatoms. The number of fused-ring (bicyclic) bond motifs is 1. The molecule has 0 spiro atoms. The molecule has 0 saturated carbocycles. The van der Waals surface area contributed by atoms with Crippen LogP contribution in [0.5, 0.6) is 0 Å². The van der Waals surface area contributed by atoms with Crippen LogP contribution in [0.2, 0.25) is 0 Å². The lowest BCUT2D eigenvalue weighted by molar-refractivity contribution is 0.280. The predicted octanol–water partition coefficient (Wildman–Crippen LogP) is 3.21. The molecule has 1 aliphatic rings. The summed E-state index contributed by atoms with van der Waals surface area (Å²) in [5.41, 5.74) is 4.95. The summed E-state index contributed by atoms with van der Waals surface area (Å²) < 4.78 is 2.02. The van der Waals surface area contributed by atoms with Gasteiger partial charge in [0, 0.05) is 55.7 Å². The smallest absolute Gasteiger partial charge is 0.159 e. The Labute approximate surface area is 182 Å². The van der Waals surface area contributed by atoms with Gasteiger partial charge in [-0.2, -0.15) is 0 Å². The molecule has 3 N–H and O–H groups in total. The molecular formula is C24H29N5O2. The van der Waals surface area contributed by atoms with E-state index in [2.05, 4.69) is 51.3 Å². The monoisotopic (exact) mass is 419 g/mol. The lowest BCUT2D eigenvalue weighted by atomic mass is 10.0. The lowest BCUT2D eigenvalue weighted by Crippen LogP contribution is -2.34. The molecule has 7 nitrogen and oxygen atoms in total. The number of hydrogen-bond acceptors (Lipinski definition) is 6. The highest BCUT2D eigenvalue weighted by molar-refractivity contribution is 5.78. The lowest BCUT2D eigenvalue weighted by Gasteiger charge is -2.36. The summed E-state index contributed by atoms with van der Waals surface area (Å²) in [4.78, 5) is 8.85. The van der Waals surface area contributed by atoms with Gasteiger partial charge in [0.15, 0.2) is 12.0 Å². The Kier molecular flexibility index (Phi) is 6.25. The molecule has 0 amide bonds. The van der Waals surface area contributed by atoms with Crippen LogP contribution in [0.15, 0.2) is 60.9 Å². The van der Waals surface area contributed by atoms with Crippen LogP contribution in [0.1, 0.15) is 30.0 Å². The highest BCUT2D eigenvalue weighted by Crippen LogP contribution is 2.35. The van der Waals surface area contributed by atoms with Crippen molar-refractivity contribution in [2.75, 3.05) is 37.0 Å². The van der Waals surface area contributed by atoms with Gasteiger partial charge in [-0.1, -0.05) is 24.3 Å². The van der Waals surface area contributed by atoms with Crippen LogP contribution >= 0.6 is 0 Å². The SMILES string of the molecule is CCN(CCO)c1ccc(NC2c3nccn3C=C(c3ccccc3CO)N2C)cc1. The summed E-state index contributed by atoms with van der Waals surface area (Å²) in [5, 5.41) is 22.7. The molecule has 1 aliphatic heterocycles. The number of anilines is 2. The Bertz CT molecular complexity index is 1040. The first-order chi connectivity index (χ1) is 15.2. The Balaban J connectivity index is 1.63. The molecule has 162 valence electrons. The van der Waals surface area contributed by atoms with Crippen molar-refractivity contribution < 1.29 is 10.2 Å². The molecule has 0 fully saturated rings. The van der Waals surface area contributed by atoms with Crippen molar-refractivity contribution >= 4 is 23.3 Å². The summed E-state index contributed by atoms with van der Waals surface area (Å²) in [5.74, 6) is 0.896. The largest absolute Gasteiger partial charge is 0.395 e. The zero-order valence-corrected chi connectivity index (χ0v) is 17.9. The van der Waals surface area contributed by atoms with E-state index in [1.807, 2.05) is 48.3 Å². The van der Waals surface area contributed by atoms with E-state index in [1.165, 1.54) is 0 Å². The molecule has 1 atom stereocenters. The van der Waals surface area contributed by atoms with E-state index in [0.29, 0.717) is 6.54 Å². The Morgan fingerprint density at radius 2 is 1.87 bits per heavy atom. The number of aromatic nitrogens is 2. The number of rotatable bonds is 8. The number of hydrogen-bond donors (Lipinski definition) is 3. The van der Waals surface area contributed by atoms with Crippen molar-refractivity contribution in [3.8, 4) is 0 Å². The average molecular weight is 420 g/mol. The van der Waals surface area contributed by atoms with Crippen molar-refractivity contribution in [2.24, 2.45) is 0 Å². The zero-order chi connectivity index (χ0) is 21.8. The first kappa shape index (κ1) is 21.0. The van der Waals surface area contributed by atoms with E-state index in [0.717, 1.165) is 40.6 Å². The molecule has 2 aromatic carbocycles. The summed E-state index contributed by atoms with van der Waals surface area (Å²) >= 11 is 0. The van der Waals surface area contributed by atoms with Crippen LogP contribution < -0.4 is 10.2 Å². The van der Waals surface area contributed by atoms with Crippen LogP contribution in [0, 0.1) is 0 Å². The number of benzene rings is 2. The van der Waals surface area contributed by atoms with E-state index >= 15 is 0 Å². The number of nitrogens with one attached hydrogen (secondary N) is 1. The first-order valence-electron chi connectivity index (χ1n) is 10.5. The van der Waals surface area contributed by atoms with E-state index < -0.39 is 0 Å². The Morgan fingerprint density at radius 3 is 2.58 bits per heavy atom. The van der Waals surface area contributed by atoms with Crippen molar-refractivity contribution in [1.82, 2.24) is 14.5 Å². The summed E-state index contributed by atoms with van der Waals surface area (Å²) in [6.07, 6.45) is 5.61. The van der Waals surface area contributed by atoms with Gasteiger partial charge in [-0.15, -0.1) is 0 Å². The van der Waals surface area contributed by atoms with E-state index in [-0.39, 0.29) is 19.4 Å². The van der Waals surface area contributed by atoms with Crippen molar-refractivity contribution in [3.63, 3.8) is 0 Å². The van der Waals surface area contributed by atoms with E-state index in [1.54, 1.807) is 6.20 Å². The van der Waals surface area contributed by atoms with Gasteiger partial charge in [-0.3, -0.25) is 0 Å². The van der Waals surface area contributed by atoms with Crippen LogP contribution in [-0.4, -0.2) is 51.4 Å². The molecule has 1 unspecified atom stereocenters. The van der Waals surface area contributed by atoms with Crippen LogP contribution in [0.3, 0.4) is 0 Å². The molecule has 3 aromatic rings. The first-order valence-corrected chi connectivity index (χ1v) is 10.5. The second kappa shape index (κ2) is 9.24. The zero-order valence-electron chi connectivity index (χ0n) is 17.9. The summed E-state index contributed by atoms with van der Waals surface area (Å²) in [6.45, 7) is 3.66. The number of nitrogens with zero attached hydrogens (tertiary/aromatic N) is 4.